The number of carbonyl (C=O) groups excluding carboxylic acids is 1. The molecule has 0 atom stereocenters. The molecule has 0 saturated heterocycles. The van der Waals surface area contributed by atoms with Crippen molar-refractivity contribution in [2.24, 2.45) is 0 Å². The molecule has 116 valence electrons. The van der Waals surface area contributed by atoms with Gasteiger partial charge in [-0.15, -0.1) is 11.8 Å². The molecule has 0 spiro atoms. The second-order valence-electron chi connectivity index (χ2n) is 4.69. The maximum atomic E-state index is 11.9. The third-order valence-electron chi connectivity index (χ3n) is 2.98. The van der Waals surface area contributed by atoms with Crippen LogP contribution in [-0.2, 0) is 4.79 Å². The Morgan fingerprint density at radius 1 is 1.23 bits per heavy atom. The fourth-order valence-electron chi connectivity index (χ4n) is 1.88. The lowest BCUT2D eigenvalue weighted by Gasteiger charge is -2.06. The lowest BCUT2D eigenvalue weighted by atomic mass is 10.3. The first-order valence-corrected chi connectivity index (χ1v) is 8.77. The molecule has 0 fully saturated rings. The second-order valence-corrected chi connectivity index (χ2v) is 6.77. The highest BCUT2D eigenvalue weighted by atomic mass is 79.9. The van der Waals surface area contributed by atoms with Crippen LogP contribution in [0.15, 0.2) is 57.9 Å². The summed E-state index contributed by atoms with van der Waals surface area (Å²) >= 11 is 5.14. The lowest BCUT2D eigenvalue weighted by molar-refractivity contribution is -0.116. The van der Waals surface area contributed by atoms with Crippen molar-refractivity contribution in [3.8, 4) is 5.75 Å². The zero-order valence-electron chi connectivity index (χ0n) is 12.3. The Morgan fingerprint density at radius 3 is 2.68 bits per heavy atom. The van der Waals surface area contributed by atoms with Gasteiger partial charge in [0, 0.05) is 21.5 Å². The predicted molar refractivity (Wildman–Crippen MR) is 95.7 cm³/mol. The molecule has 2 aromatic carbocycles. The van der Waals surface area contributed by atoms with E-state index < -0.39 is 0 Å². The maximum Gasteiger partial charge on any atom is 0.224 e. The summed E-state index contributed by atoms with van der Waals surface area (Å²) in [6.07, 6.45) is 1.37. The number of anilines is 1. The molecule has 0 bridgehead atoms. The zero-order chi connectivity index (χ0) is 15.8. The van der Waals surface area contributed by atoms with E-state index in [0.29, 0.717) is 6.42 Å². The SMILES string of the molecule is COc1ccc(SCCCC(=O)Nc2cccc(Br)c2)cc1. The molecule has 2 aromatic rings. The van der Waals surface area contributed by atoms with Crippen LogP contribution in [0.1, 0.15) is 12.8 Å². The molecule has 3 nitrogen and oxygen atoms in total. The van der Waals surface area contributed by atoms with Gasteiger partial charge in [0.15, 0.2) is 0 Å². The molecule has 0 aliphatic rings. The largest absolute Gasteiger partial charge is 0.497 e. The van der Waals surface area contributed by atoms with Crippen molar-refractivity contribution >= 4 is 39.3 Å². The van der Waals surface area contributed by atoms with Crippen molar-refractivity contribution in [3.63, 3.8) is 0 Å². The Balaban J connectivity index is 1.68. The molecule has 22 heavy (non-hydrogen) atoms. The average Bonchev–Trinajstić information content (AvgIpc) is 2.52. The summed E-state index contributed by atoms with van der Waals surface area (Å²) < 4.78 is 6.08. The number of methoxy groups -OCH3 is 1. The number of nitrogens with one attached hydrogen (secondary N) is 1. The number of amides is 1. The van der Waals surface area contributed by atoms with Crippen molar-refractivity contribution in [1.29, 1.82) is 0 Å². The Bertz CT molecular complexity index is 616. The molecule has 1 N–H and O–H groups in total. The van der Waals surface area contributed by atoms with Gasteiger partial charge in [-0.05, 0) is 54.6 Å². The summed E-state index contributed by atoms with van der Waals surface area (Å²) in [5.41, 5.74) is 0.821. The molecule has 0 aromatic heterocycles. The standard InChI is InChI=1S/C17H18BrNO2S/c1-21-15-7-9-16(10-8-15)22-11-3-6-17(20)19-14-5-2-4-13(18)12-14/h2,4-5,7-10,12H,3,6,11H2,1H3,(H,19,20). The minimum atomic E-state index is 0.0495. The lowest BCUT2D eigenvalue weighted by Crippen LogP contribution is -2.11. The number of halogens is 1. The monoisotopic (exact) mass is 379 g/mol. The number of rotatable bonds is 7. The predicted octanol–water partition coefficient (Wildman–Crippen LogP) is 4.97. The van der Waals surface area contributed by atoms with Gasteiger partial charge in [-0.2, -0.15) is 0 Å². The molecule has 0 aliphatic carbocycles. The van der Waals surface area contributed by atoms with E-state index in [9.17, 15) is 4.79 Å². The van der Waals surface area contributed by atoms with Crippen LogP contribution in [0.25, 0.3) is 0 Å². The van der Waals surface area contributed by atoms with E-state index in [4.69, 9.17) is 4.74 Å². The van der Waals surface area contributed by atoms with E-state index in [1.165, 1.54) is 4.90 Å². The highest BCUT2D eigenvalue weighted by molar-refractivity contribution is 9.10. The average molecular weight is 380 g/mol. The highest BCUT2D eigenvalue weighted by Gasteiger charge is 2.03. The Hall–Kier alpha value is -1.46. The van der Waals surface area contributed by atoms with Crippen molar-refractivity contribution < 1.29 is 9.53 Å². The van der Waals surface area contributed by atoms with Crippen LogP contribution in [0.5, 0.6) is 5.75 Å². The van der Waals surface area contributed by atoms with E-state index >= 15 is 0 Å². The quantitative estimate of drug-likeness (QED) is 0.545. The van der Waals surface area contributed by atoms with Gasteiger partial charge in [0.05, 0.1) is 7.11 Å². The molecule has 0 aliphatic heterocycles. The highest BCUT2D eigenvalue weighted by Crippen LogP contribution is 2.22. The normalized spacial score (nSPS) is 10.3. The molecule has 2 rings (SSSR count). The first-order valence-electron chi connectivity index (χ1n) is 6.99. The van der Waals surface area contributed by atoms with Gasteiger partial charge in [-0.25, -0.2) is 0 Å². The van der Waals surface area contributed by atoms with E-state index in [1.807, 2.05) is 48.5 Å². The first kappa shape index (κ1) is 16.9. The van der Waals surface area contributed by atoms with E-state index in [0.717, 1.165) is 28.1 Å². The van der Waals surface area contributed by atoms with Crippen molar-refractivity contribution in [2.45, 2.75) is 17.7 Å². The molecule has 0 radical (unpaired) electrons. The zero-order valence-corrected chi connectivity index (χ0v) is 14.7. The van der Waals surface area contributed by atoms with Gasteiger partial charge in [0.1, 0.15) is 5.75 Å². The molecule has 5 heteroatoms. The van der Waals surface area contributed by atoms with Crippen molar-refractivity contribution in [2.75, 3.05) is 18.2 Å². The topological polar surface area (TPSA) is 38.3 Å². The minimum Gasteiger partial charge on any atom is -0.497 e. The maximum absolute atomic E-state index is 11.9. The molecule has 0 heterocycles. The van der Waals surface area contributed by atoms with Gasteiger partial charge in [0.25, 0.3) is 0 Å². The van der Waals surface area contributed by atoms with Crippen LogP contribution in [-0.4, -0.2) is 18.8 Å². The summed E-state index contributed by atoms with van der Waals surface area (Å²) in [6.45, 7) is 0. The summed E-state index contributed by atoms with van der Waals surface area (Å²) in [5, 5.41) is 2.90. The Labute approximate surface area is 143 Å². The Kier molecular flexibility index (Phi) is 6.80. The van der Waals surface area contributed by atoms with Gasteiger partial charge < -0.3 is 10.1 Å². The summed E-state index contributed by atoms with van der Waals surface area (Å²) in [6, 6.07) is 15.6. The van der Waals surface area contributed by atoms with Crippen LogP contribution >= 0.6 is 27.7 Å². The summed E-state index contributed by atoms with van der Waals surface area (Å²) in [4.78, 5) is 13.1. The van der Waals surface area contributed by atoms with Crippen LogP contribution in [0.3, 0.4) is 0 Å². The number of benzene rings is 2. The van der Waals surface area contributed by atoms with Gasteiger partial charge in [0.2, 0.25) is 5.91 Å². The van der Waals surface area contributed by atoms with Crippen molar-refractivity contribution in [1.82, 2.24) is 0 Å². The number of thioether (sulfide) groups is 1. The van der Waals surface area contributed by atoms with E-state index in [2.05, 4.69) is 21.2 Å². The van der Waals surface area contributed by atoms with Gasteiger partial charge in [-0.1, -0.05) is 22.0 Å². The fourth-order valence-corrected chi connectivity index (χ4v) is 3.14. The van der Waals surface area contributed by atoms with Crippen LogP contribution in [0, 0.1) is 0 Å². The second kappa shape index (κ2) is 8.86. The van der Waals surface area contributed by atoms with E-state index in [1.54, 1.807) is 18.9 Å². The third kappa shape index (κ3) is 5.73. The summed E-state index contributed by atoms with van der Waals surface area (Å²) in [7, 11) is 1.66. The van der Waals surface area contributed by atoms with Crippen LogP contribution in [0.2, 0.25) is 0 Å². The number of hydrogen-bond acceptors (Lipinski definition) is 3. The third-order valence-corrected chi connectivity index (χ3v) is 4.58. The molecular weight excluding hydrogens is 362 g/mol. The first-order chi connectivity index (χ1) is 10.7. The summed E-state index contributed by atoms with van der Waals surface area (Å²) in [5.74, 6) is 1.82. The minimum absolute atomic E-state index is 0.0495. The van der Waals surface area contributed by atoms with E-state index in [-0.39, 0.29) is 5.91 Å². The Morgan fingerprint density at radius 2 is 2.00 bits per heavy atom. The number of carbonyl (C=O) groups is 1. The molecule has 0 saturated carbocycles. The number of ether oxygens (including phenoxy) is 1. The smallest absolute Gasteiger partial charge is 0.224 e. The van der Waals surface area contributed by atoms with Gasteiger partial charge in [-0.3, -0.25) is 4.79 Å². The van der Waals surface area contributed by atoms with Crippen molar-refractivity contribution in [3.05, 3.63) is 53.0 Å². The molecule has 0 unspecified atom stereocenters. The molecule has 1 amide bonds. The molecular formula is C17H18BrNO2S. The van der Waals surface area contributed by atoms with Crippen LogP contribution < -0.4 is 10.1 Å². The van der Waals surface area contributed by atoms with Crippen LogP contribution in [0.4, 0.5) is 5.69 Å². The fraction of sp³-hybridized carbons (Fsp3) is 0.235. The van der Waals surface area contributed by atoms with Gasteiger partial charge >= 0.3 is 0 Å². The number of hydrogen-bond donors (Lipinski definition) is 1.